The van der Waals surface area contributed by atoms with Gasteiger partial charge >= 0.3 is 0 Å². The van der Waals surface area contributed by atoms with Crippen LogP contribution < -0.4 is 14.8 Å². The molecular formula is C23H24N2O3S. The summed E-state index contributed by atoms with van der Waals surface area (Å²) >= 11 is 1.60. The molecule has 1 aromatic heterocycles. The van der Waals surface area contributed by atoms with Crippen LogP contribution in [0.25, 0.3) is 0 Å². The van der Waals surface area contributed by atoms with E-state index in [0.717, 1.165) is 40.6 Å². The van der Waals surface area contributed by atoms with Gasteiger partial charge in [-0.3, -0.25) is 4.79 Å². The van der Waals surface area contributed by atoms with Crippen molar-refractivity contribution in [2.45, 2.75) is 32.2 Å². The SMILES string of the molecule is CCC(NC(=O)Cc1csc(Cc2ccccc2)n1)c1ccc2c(c1)OCCO2. The Morgan fingerprint density at radius 3 is 2.72 bits per heavy atom. The van der Waals surface area contributed by atoms with E-state index < -0.39 is 0 Å². The van der Waals surface area contributed by atoms with Crippen LogP contribution in [0.2, 0.25) is 0 Å². The van der Waals surface area contributed by atoms with Crippen LogP contribution in [-0.2, 0) is 17.6 Å². The molecule has 1 unspecified atom stereocenters. The number of amides is 1. The zero-order valence-corrected chi connectivity index (χ0v) is 17.2. The van der Waals surface area contributed by atoms with Gasteiger partial charge < -0.3 is 14.8 Å². The predicted molar refractivity (Wildman–Crippen MR) is 114 cm³/mol. The van der Waals surface area contributed by atoms with Gasteiger partial charge in [0.15, 0.2) is 11.5 Å². The number of rotatable bonds is 7. The first-order valence-electron chi connectivity index (χ1n) is 9.87. The summed E-state index contributed by atoms with van der Waals surface area (Å²) in [6, 6.07) is 16.0. The summed E-state index contributed by atoms with van der Waals surface area (Å²) in [6.07, 6.45) is 1.87. The van der Waals surface area contributed by atoms with Gasteiger partial charge in [0.05, 0.1) is 23.2 Å². The van der Waals surface area contributed by atoms with Gasteiger partial charge in [0.25, 0.3) is 0 Å². The van der Waals surface area contributed by atoms with Gasteiger partial charge in [-0.15, -0.1) is 11.3 Å². The fourth-order valence-electron chi connectivity index (χ4n) is 3.39. The summed E-state index contributed by atoms with van der Waals surface area (Å²) in [5.74, 6) is 1.48. The van der Waals surface area contributed by atoms with Gasteiger partial charge in [0, 0.05) is 11.8 Å². The Kier molecular flexibility index (Phi) is 6.10. The normalized spacial score (nSPS) is 13.7. The van der Waals surface area contributed by atoms with Crippen molar-refractivity contribution in [3.05, 3.63) is 75.7 Å². The number of nitrogens with one attached hydrogen (secondary N) is 1. The van der Waals surface area contributed by atoms with E-state index in [1.807, 2.05) is 41.8 Å². The van der Waals surface area contributed by atoms with Crippen LogP contribution in [0.5, 0.6) is 11.5 Å². The van der Waals surface area contributed by atoms with Crippen LogP contribution >= 0.6 is 11.3 Å². The molecule has 1 aliphatic rings. The fraction of sp³-hybridized carbons (Fsp3) is 0.304. The number of hydrogen-bond donors (Lipinski definition) is 1. The molecule has 150 valence electrons. The molecule has 1 aliphatic heterocycles. The maximum absolute atomic E-state index is 12.6. The number of nitrogens with zero attached hydrogens (tertiary/aromatic N) is 1. The van der Waals surface area contributed by atoms with Crippen LogP contribution in [0.4, 0.5) is 0 Å². The molecular weight excluding hydrogens is 384 g/mol. The maximum atomic E-state index is 12.6. The molecule has 1 atom stereocenters. The highest BCUT2D eigenvalue weighted by atomic mass is 32.1. The van der Waals surface area contributed by atoms with Crippen LogP contribution in [0.3, 0.4) is 0 Å². The van der Waals surface area contributed by atoms with E-state index in [-0.39, 0.29) is 18.4 Å². The second kappa shape index (κ2) is 9.09. The third kappa shape index (κ3) is 4.95. The molecule has 0 bridgehead atoms. The summed E-state index contributed by atoms with van der Waals surface area (Å²) in [5.41, 5.74) is 3.06. The minimum atomic E-state index is -0.0687. The number of carbonyl (C=O) groups is 1. The van der Waals surface area contributed by atoms with Crippen LogP contribution in [0, 0.1) is 0 Å². The smallest absolute Gasteiger partial charge is 0.226 e. The lowest BCUT2D eigenvalue weighted by molar-refractivity contribution is -0.121. The summed E-state index contributed by atoms with van der Waals surface area (Å²) in [6.45, 7) is 3.18. The highest BCUT2D eigenvalue weighted by Gasteiger charge is 2.18. The first-order chi connectivity index (χ1) is 14.2. The van der Waals surface area contributed by atoms with Gasteiger partial charge in [0.1, 0.15) is 13.2 Å². The number of fused-ring (bicyclic) bond motifs is 1. The minimum Gasteiger partial charge on any atom is -0.486 e. The van der Waals surface area contributed by atoms with E-state index in [4.69, 9.17) is 9.47 Å². The standard InChI is InChI=1S/C23H24N2O3S/c1-2-19(17-8-9-20-21(13-17)28-11-10-27-20)25-22(26)14-18-15-29-23(24-18)12-16-6-4-3-5-7-16/h3-9,13,15,19H,2,10-12,14H2,1H3,(H,25,26). The summed E-state index contributed by atoms with van der Waals surface area (Å²) in [5, 5.41) is 6.13. The topological polar surface area (TPSA) is 60.5 Å². The van der Waals surface area contributed by atoms with Crippen molar-refractivity contribution in [1.82, 2.24) is 10.3 Å². The molecule has 0 saturated carbocycles. The van der Waals surface area contributed by atoms with Gasteiger partial charge in [0.2, 0.25) is 5.91 Å². The summed E-state index contributed by atoms with van der Waals surface area (Å²) < 4.78 is 11.2. The number of hydrogen-bond acceptors (Lipinski definition) is 5. The van der Waals surface area contributed by atoms with Crippen LogP contribution in [0.1, 0.15) is 41.2 Å². The molecule has 0 fully saturated rings. The first-order valence-corrected chi connectivity index (χ1v) is 10.8. The average Bonchev–Trinajstić information content (AvgIpc) is 3.19. The molecule has 29 heavy (non-hydrogen) atoms. The van der Waals surface area contributed by atoms with Crippen molar-refractivity contribution in [2.75, 3.05) is 13.2 Å². The van der Waals surface area contributed by atoms with Crippen molar-refractivity contribution in [3.63, 3.8) is 0 Å². The van der Waals surface area contributed by atoms with Crippen LogP contribution in [-0.4, -0.2) is 24.1 Å². The quantitative estimate of drug-likeness (QED) is 0.633. The van der Waals surface area contributed by atoms with Gasteiger partial charge in [-0.2, -0.15) is 0 Å². The Balaban J connectivity index is 1.37. The van der Waals surface area contributed by atoms with Gasteiger partial charge in [-0.05, 0) is 29.7 Å². The largest absolute Gasteiger partial charge is 0.486 e. The molecule has 2 aromatic carbocycles. The highest BCUT2D eigenvalue weighted by Crippen LogP contribution is 2.33. The molecule has 1 N–H and O–H groups in total. The number of aromatic nitrogens is 1. The van der Waals surface area contributed by atoms with Crippen molar-refractivity contribution in [1.29, 1.82) is 0 Å². The third-order valence-corrected chi connectivity index (χ3v) is 5.75. The fourth-order valence-corrected chi connectivity index (χ4v) is 4.22. The maximum Gasteiger partial charge on any atom is 0.226 e. The lowest BCUT2D eigenvalue weighted by Crippen LogP contribution is -2.29. The monoisotopic (exact) mass is 408 g/mol. The second-order valence-electron chi connectivity index (χ2n) is 7.00. The molecule has 0 aliphatic carbocycles. The van der Waals surface area contributed by atoms with Crippen molar-refractivity contribution < 1.29 is 14.3 Å². The molecule has 5 nitrogen and oxygen atoms in total. The Bertz CT molecular complexity index is 971. The lowest BCUT2D eigenvalue weighted by Gasteiger charge is -2.22. The molecule has 2 heterocycles. The third-order valence-electron chi connectivity index (χ3n) is 4.85. The molecule has 4 rings (SSSR count). The van der Waals surface area contributed by atoms with Crippen molar-refractivity contribution >= 4 is 17.2 Å². The minimum absolute atomic E-state index is 0.0247. The Morgan fingerprint density at radius 2 is 1.93 bits per heavy atom. The average molecular weight is 409 g/mol. The molecule has 0 spiro atoms. The van der Waals surface area contributed by atoms with E-state index in [2.05, 4.69) is 29.4 Å². The van der Waals surface area contributed by atoms with E-state index in [1.165, 1.54) is 5.56 Å². The number of carbonyl (C=O) groups excluding carboxylic acids is 1. The number of thiazole rings is 1. The highest BCUT2D eigenvalue weighted by molar-refractivity contribution is 7.09. The summed E-state index contributed by atoms with van der Waals surface area (Å²) in [7, 11) is 0. The number of ether oxygens (including phenoxy) is 2. The molecule has 1 amide bonds. The van der Waals surface area contributed by atoms with Crippen LogP contribution in [0.15, 0.2) is 53.9 Å². The molecule has 3 aromatic rings. The second-order valence-corrected chi connectivity index (χ2v) is 7.95. The van der Waals surface area contributed by atoms with E-state index in [9.17, 15) is 4.79 Å². The Hall–Kier alpha value is -2.86. The summed E-state index contributed by atoms with van der Waals surface area (Å²) in [4.78, 5) is 17.2. The zero-order chi connectivity index (χ0) is 20.1. The van der Waals surface area contributed by atoms with E-state index in [1.54, 1.807) is 11.3 Å². The Labute approximate surface area is 174 Å². The van der Waals surface area contributed by atoms with Crippen molar-refractivity contribution in [2.24, 2.45) is 0 Å². The number of benzene rings is 2. The van der Waals surface area contributed by atoms with Crippen molar-refractivity contribution in [3.8, 4) is 11.5 Å². The van der Waals surface area contributed by atoms with Gasteiger partial charge in [-0.25, -0.2) is 4.98 Å². The zero-order valence-electron chi connectivity index (χ0n) is 16.4. The lowest BCUT2D eigenvalue weighted by atomic mass is 10.0. The van der Waals surface area contributed by atoms with E-state index in [0.29, 0.717) is 13.2 Å². The first kappa shape index (κ1) is 19.5. The molecule has 6 heteroatoms. The van der Waals surface area contributed by atoms with Gasteiger partial charge in [-0.1, -0.05) is 43.3 Å². The molecule has 0 saturated heterocycles. The molecule has 0 radical (unpaired) electrons. The Morgan fingerprint density at radius 1 is 1.14 bits per heavy atom. The predicted octanol–water partition coefficient (Wildman–Crippen LogP) is 4.32. The van der Waals surface area contributed by atoms with E-state index >= 15 is 0 Å².